The highest BCUT2D eigenvalue weighted by Crippen LogP contribution is 2.38. The van der Waals surface area contributed by atoms with Gasteiger partial charge >= 0.3 is 0 Å². The summed E-state index contributed by atoms with van der Waals surface area (Å²) in [6.07, 6.45) is 4.78. The Labute approximate surface area is 208 Å². The zero-order valence-corrected chi connectivity index (χ0v) is 22.1. The van der Waals surface area contributed by atoms with E-state index in [-0.39, 0.29) is 5.78 Å². The first-order valence-corrected chi connectivity index (χ1v) is 13.0. The van der Waals surface area contributed by atoms with Crippen molar-refractivity contribution in [3.05, 3.63) is 107 Å². The van der Waals surface area contributed by atoms with Crippen LogP contribution in [0.15, 0.2) is 84.9 Å². The van der Waals surface area contributed by atoms with Crippen LogP contribution in [0.2, 0.25) is 0 Å². The number of Topliss-reactive ketones (excluding diaryl/α,β-unsaturated/α-hetero) is 1. The molecule has 3 aromatic rings. The van der Waals surface area contributed by atoms with Crippen molar-refractivity contribution in [3.63, 3.8) is 0 Å². The third kappa shape index (κ3) is 8.93. The van der Waals surface area contributed by atoms with E-state index in [1.165, 1.54) is 61.8 Å². The van der Waals surface area contributed by atoms with Gasteiger partial charge in [-0.15, -0.1) is 0 Å². The van der Waals surface area contributed by atoms with Gasteiger partial charge in [-0.2, -0.15) is 0 Å². The van der Waals surface area contributed by atoms with Gasteiger partial charge in [-0.3, -0.25) is 0 Å². The van der Waals surface area contributed by atoms with Gasteiger partial charge in [0.15, 0.2) is 0 Å². The number of carbonyl (C=O) groups excluding carboxylic acids is 1. The SMILES string of the molecule is CC(C)=O.CCC(C)c1ccc(C(C)CC(CC(CC)c2ccccc2)c2ccccc2)cc1. The maximum Gasteiger partial charge on any atom is 0.126 e. The number of ketones is 1. The standard InChI is InChI=1S/C30H38.C3H6O/c1-5-23(3)26-17-19-27(20-18-26)24(4)21-30(29-15-11-8-12-16-29)22-25(6-2)28-13-9-7-10-14-28;1-3(2)4/h7-20,23-25,30H,5-6,21-22H2,1-4H3;1-2H3. The van der Waals surface area contributed by atoms with E-state index in [9.17, 15) is 4.79 Å². The Balaban J connectivity index is 0.000000945. The van der Waals surface area contributed by atoms with Crippen molar-refractivity contribution in [1.29, 1.82) is 0 Å². The second kappa shape index (κ2) is 14.6. The number of rotatable bonds is 10. The van der Waals surface area contributed by atoms with Gasteiger partial charge in [0.25, 0.3) is 0 Å². The van der Waals surface area contributed by atoms with Crippen molar-refractivity contribution < 1.29 is 4.79 Å². The highest BCUT2D eigenvalue weighted by Gasteiger charge is 2.21. The molecule has 0 aliphatic carbocycles. The van der Waals surface area contributed by atoms with E-state index in [2.05, 4.69) is 113 Å². The van der Waals surface area contributed by atoms with E-state index in [0.717, 1.165) is 0 Å². The summed E-state index contributed by atoms with van der Waals surface area (Å²) in [5.41, 5.74) is 5.89. The van der Waals surface area contributed by atoms with Gasteiger partial charge in [-0.1, -0.05) is 113 Å². The minimum Gasteiger partial charge on any atom is -0.300 e. The summed E-state index contributed by atoms with van der Waals surface area (Å²) in [5, 5.41) is 0. The second-order valence-electron chi connectivity index (χ2n) is 9.88. The molecule has 3 rings (SSSR count). The summed E-state index contributed by atoms with van der Waals surface area (Å²) in [7, 11) is 0. The first kappa shape index (κ1) is 27.6. The summed E-state index contributed by atoms with van der Waals surface area (Å²) in [6.45, 7) is 12.4. The molecule has 0 bridgehead atoms. The van der Waals surface area contributed by atoms with Crippen molar-refractivity contribution in [2.45, 2.75) is 90.9 Å². The fourth-order valence-electron chi connectivity index (χ4n) is 4.65. The zero-order chi connectivity index (χ0) is 24.9. The average Bonchev–Trinajstić information content (AvgIpc) is 2.86. The molecule has 0 spiro atoms. The summed E-state index contributed by atoms with van der Waals surface area (Å²) in [5.74, 6) is 2.54. The molecule has 1 heteroatoms. The molecule has 4 atom stereocenters. The van der Waals surface area contributed by atoms with Crippen molar-refractivity contribution in [1.82, 2.24) is 0 Å². The van der Waals surface area contributed by atoms with Crippen LogP contribution >= 0.6 is 0 Å². The largest absolute Gasteiger partial charge is 0.300 e. The maximum atomic E-state index is 9.44. The molecule has 0 saturated heterocycles. The Morgan fingerprint density at radius 1 is 0.559 bits per heavy atom. The molecule has 0 N–H and O–H groups in total. The summed E-state index contributed by atoms with van der Waals surface area (Å²) in [6, 6.07) is 31.6. The molecule has 0 radical (unpaired) electrons. The van der Waals surface area contributed by atoms with Gasteiger partial charge < -0.3 is 4.79 Å². The number of benzene rings is 3. The molecule has 0 aromatic heterocycles. The lowest BCUT2D eigenvalue weighted by Gasteiger charge is -2.26. The zero-order valence-electron chi connectivity index (χ0n) is 22.1. The van der Waals surface area contributed by atoms with Crippen LogP contribution < -0.4 is 0 Å². The Bertz CT molecular complexity index is 939. The molecule has 4 unspecified atom stereocenters. The number of carbonyl (C=O) groups is 1. The lowest BCUT2D eigenvalue weighted by atomic mass is 9.78. The first-order chi connectivity index (χ1) is 16.3. The Kier molecular flexibility index (Phi) is 11.8. The van der Waals surface area contributed by atoms with E-state index >= 15 is 0 Å². The van der Waals surface area contributed by atoms with E-state index in [1.807, 2.05) is 0 Å². The normalized spacial score (nSPS) is 14.3. The third-order valence-electron chi connectivity index (χ3n) is 6.93. The quantitative estimate of drug-likeness (QED) is 0.297. The van der Waals surface area contributed by atoms with Gasteiger partial charge in [-0.05, 0) is 85.5 Å². The van der Waals surface area contributed by atoms with E-state index in [1.54, 1.807) is 0 Å². The smallest absolute Gasteiger partial charge is 0.126 e. The van der Waals surface area contributed by atoms with Crippen LogP contribution in [0.25, 0.3) is 0 Å². The fraction of sp³-hybridized carbons (Fsp3) is 0.424. The van der Waals surface area contributed by atoms with Crippen molar-refractivity contribution in [3.8, 4) is 0 Å². The Morgan fingerprint density at radius 3 is 1.38 bits per heavy atom. The van der Waals surface area contributed by atoms with Gasteiger partial charge in [0.1, 0.15) is 5.78 Å². The number of hydrogen-bond acceptors (Lipinski definition) is 1. The van der Waals surface area contributed by atoms with Crippen LogP contribution in [0, 0.1) is 0 Å². The van der Waals surface area contributed by atoms with Crippen LogP contribution in [-0.2, 0) is 4.79 Å². The summed E-state index contributed by atoms with van der Waals surface area (Å²) < 4.78 is 0. The van der Waals surface area contributed by atoms with Crippen molar-refractivity contribution >= 4 is 5.78 Å². The van der Waals surface area contributed by atoms with Crippen LogP contribution in [0.4, 0.5) is 0 Å². The van der Waals surface area contributed by atoms with Gasteiger partial charge in [0, 0.05) is 0 Å². The second-order valence-corrected chi connectivity index (χ2v) is 9.88. The van der Waals surface area contributed by atoms with E-state index in [0.29, 0.717) is 23.7 Å². The lowest BCUT2D eigenvalue weighted by molar-refractivity contribution is -0.114. The van der Waals surface area contributed by atoms with E-state index in [4.69, 9.17) is 0 Å². The molecule has 3 aromatic carbocycles. The molecule has 0 amide bonds. The molecule has 182 valence electrons. The lowest BCUT2D eigenvalue weighted by Crippen LogP contribution is -2.10. The van der Waals surface area contributed by atoms with Gasteiger partial charge in [0.2, 0.25) is 0 Å². The topological polar surface area (TPSA) is 17.1 Å². The highest BCUT2D eigenvalue weighted by molar-refractivity contribution is 5.72. The molecule has 0 aliphatic rings. The first-order valence-electron chi connectivity index (χ1n) is 13.0. The van der Waals surface area contributed by atoms with Crippen LogP contribution in [0.5, 0.6) is 0 Å². The molecule has 0 fully saturated rings. The Morgan fingerprint density at radius 2 is 0.971 bits per heavy atom. The molecular formula is C33H44O. The minimum atomic E-state index is 0.167. The van der Waals surface area contributed by atoms with Gasteiger partial charge in [0.05, 0.1) is 0 Å². The predicted octanol–water partition coefficient (Wildman–Crippen LogP) is 9.66. The van der Waals surface area contributed by atoms with Crippen LogP contribution in [-0.4, -0.2) is 5.78 Å². The maximum absolute atomic E-state index is 9.44. The van der Waals surface area contributed by atoms with Crippen LogP contribution in [0.1, 0.15) is 113 Å². The average molecular weight is 457 g/mol. The molecule has 0 heterocycles. The third-order valence-corrected chi connectivity index (χ3v) is 6.93. The molecule has 1 nitrogen and oxygen atoms in total. The highest BCUT2D eigenvalue weighted by atomic mass is 16.1. The molecule has 34 heavy (non-hydrogen) atoms. The van der Waals surface area contributed by atoms with Gasteiger partial charge in [-0.25, -0.2) is 0 Å². The fourth-order valence-corrected chi connectivity index (χ4v) is 4.65. The molecule has 0 saturated carbocycles. The Hall–Kier alpha value is -2.67. The van der Waals surface area contributed by atoms with Crippen molar-refractivity contribution in [2.75, 3.05) is 0 Å². The summed E-state index contributed by atoms with van der Waals surface area (Å²) >= 11 is 0. The van der Waals surface area contributed by atoms with Crippen LogP contribution in [0.3, 0.4) is 0 Å². The van der Waals surface area contributed by atoms with E-state index < -0.39 is 0 Å². The monoisotopic (exact) mass is 456 g/mol. The minimum absolute atomic E-state index is 0.167. The molecule has 0 aliphatic heterocycles. The predicted molar refractivity (Wildman–Crippen MR) is 148 cm³/mol. The molecular weight excluding hydrogens is 412 g/mol. The van der Waals surface area contributed by atoms with Crippen molar-refractivity contribution in [2.24, 2.45) is 0 Å². The summed E-state index contributed by atoms with van der Waals surface area (Å²) in [4.78, 5) is 9.44. The number of hydrogen-bond donors (Lipinski definition) is 0.